The molecule has 0 radical (unpaired) electrons. The number of imide groups is 1. The molecule has 0 bridgehead atoms. The zero-order chi connectivity index (χ0) is 18.6. The molecule has 1 aromatic heterocycles. The highest BCUT2D eigenvalue weighted by atomic mass is 35.5. The predicted molar refractivity (Wildman–Crippen MR) is 81.3 cm³/mol. The number of carbonyl (C=O) groups excluding carboxylic acids is 2. The van der Waals surface area contributed by atoms with E-state index in [0.717, 1.165) is 17.2 Å². The maximum atomic E-state index is 12.7. The number of hydrogen-bond donors (Lipinski definition) is 2. The van der Waals surface area contributed by atoms with Crippen molar-refractivity contribution >= 4 is 29.4 Å². The summed E-state index contributed by atoms with van der Waals surface area (Å²) in [5, 5.41) is 2.07. The Labute approximate surface area is 146 Å². The molecule has 0 atom stereocenters. The number of nitrogens with zero attached hydrogens (tertiary/aromatic N) is 1. The summed E-state index contributed by atoms with van der Waals surface area (Å²) in [6, 6.07) is 0.885. The number of carbonyl (C=O) groups is 2. The molecule has 2 rings (SSSR count). The number of aromatic nitrogens is 1. The first kappa shape index (κ1) is 19.3. The molecule has 1 fully saturated rings. The van der Waals surface area contributed by atoms with Gasteiger partial charge in [-0.15, -0.1) is 0 Å². The minimum Gasteiger partial charge on any atom is -0.453 e. The van der Waals surface area contributed by atoms with Crippen LogP contribution < -0.4 is 20.1 Å². The van der Waals surface area contributed by atoms with Gasteiger partial charge < -0.3 is 9.64 Å². The summed E-state index contributed by atoms with van der Waals surface area (Å²) in [6.07, 6.45) is -4.40. The molecule has 2 heterocycles. The van der Waals surface area contributed by atoms with Crippen LogP contribution in [0.25, 0.3) is 0 Å². The molecule has 3 N–H and O–H groups in total. The molecule has 138 valence electrons. The molecule has 1 aliphatic heterocycles. The van der Waals surface area contributed by atoms with Gasteiger partial charge in [-0.1, -0.05) is 11.6 Å². The van der Waals surface area contributed by atoms with Gasteiger partial charge in [0.1, 0.15) is 37.4 Å². The molecular weight excluding hydrogens is 365 g/mol. The third kappa shape index (κ3) is 5.20. The molecular formula is C14H18ClF3N4O3+2. The summed E-state index contributed by atoms with van der Waals surface area (Å²) in [6.45, 7) is 2.25. The fourth-order valence-corrected chi connectivity index (χ4v) is 2.82. The van der Waals surface area contributed by atoms with Crippen LogP contribution in [0.2, 0.25) is 5.02 Å². The summed E-state index contributed by atoms with van der Waals surface area (Å²) in [4.78, 5) is 28.0. The van der Waals surface area contributed by atoms with Crippen LogP contribution in [0.1, 0.15) is 5.56 Å². The van der Waals surface area contributed by atoms with E-state index in [4.69, 9.17) is 11.6 Å². The Morgan fingerprint density at radius 1 is 1.40 bits per heavy atom. The number of methoxy groups -OCH3 is 1. The summed E-state index contributed by atoms with van der Waals surface area (Å²) in [5.41, 5.74) is -0.843. The van der Waals surface area contributed by atoms with Gasteiger partial charge in [-0.25, -0.2) is 14.7 Å². The van der Waals surface area contributed by atoms with Crippen LogP contribution in [-0.4, -0.2) is 51.8 Å². The number of alkyl carbamates (subject to hydrolysis) is 1. The van der Waals surface area contributed by atoms with Gasteiger partial charge >= 0.3 is 12.3 Å². The summed E-state index contributed by atoms with van der Waals surface area (Å²) in [7, 11) is 1.17. The number of alkyl halides is 3. The average molecular weight is 383 g/mol. The van der Waals surface area contributed by atoms with E-state index in [1.54, 1.807) is 0 Å². The smallest absolute Gasteiger partial charge is 0.419 e. The first-order valence-corrected chi connectivity index (χ1v) is 7.83. The van der Waals surface area contributed by atoms with Crippen molar-refractivity contribution in [2.24, 2.45) is 0 Å². The minimum atomic E-state index is -4.46. The minimum absolute atomic E-state index is 0.0123. The molecule has 0 unspecified atom stereocenters. The van der Waals surface area contributed by atoms with Crippen molar-refractivity contribution < 1.29 is 37.4 Å². The zero-order valence-electron chi connectivity index (χ0n) is 13.4. The lowest BCUT2D eigenvalue weighted by Gasteiger charge is -2.28. The Morgan fingerprint density at radius 3 is 2.56 bits per heavy atom. The van der Waals surface area contributed by atoms with Gasteiger partial charge in [-0.3, -0.25) is 10.1 Å². The van der Waals surface area contributed by atoms with E-state index in [1.165, 1.54) is 7.11 Å². The van der Waals surface area contributed by atoms with Crippen molar-refractivity contribution in [3.63, 3.8) is 0 Å². The first-order chi connectivity index (χ1) is 11.7. The number of rotatable bonds is 3. The van der Waals surface area contributed by atoms with Gasteiger partial charge in [0, 0.05) is 0 Å². The fraction of sp³-hybridized carbons (Fsp3) is 0.500. The number of hydrogen-bond acceptors (Lipinski definition) is 4. The number of amides is 2. The number of aromatic amines is 1. The Hall–Kier alpha value is -2.07. The van der Waals surface area contributed by atoms with Gasteiger partial charge in [0.25, 0.3) is 11.7 Å². The summed E-state index contributed by atoms with van der Waals surface area (Å²) < 4.78 is 42.3. The molecule has 1 aliphatic rings. The highest BCUT2D eigenvalue weighted by molar-refractivity contribution is 6.32. The topological polar surface area (TPSA) is 77.2 Å². The highest BCUT2D eigenvalue weighted by Gasteiger charge is 2.35. The number of pyridine rings is 1. The Morgan fingerprint density at radius 2 is 2.04 bits per heavy atom. The monoisotopic (exact) mass is 382 g/mol. The molecule has 25 heavy (non-hydrogen) atoms. The van der Waals surface area contributed by atoms with E-state index in [9.17, 15) is 22.8 Å². The molecule has 1 aromatic rings. The van der Waals surface area contributed by atoms with E-state index in [2.05, 4.69) is 15.0 Å². The van der Waals surface area contributed by atoms with Gasteiger partial charge in [-0.05, 0) is 6.07 Å². The molecule has 2 amide bonds. The molecule has 0 aliphatic carbocycles. The normalized spacial score (nSPS) is 15.8. The number of nitrogens with one attached hydrogen (secondary N) is 3. The SMILES string of the molecule is COC(=O)NC(=O)C[NH+]1CCN(c2[nH+]cc(C(F)(F)F)cc2Cl)CC1. The molecule has 0 saturated carbocycles. The number of ether oxygens (including phenoxy) is 1. The average Bonchev–Trinajstić information content (AvgIpc) is 2.54. The number of anilines is 1. The van der Waals surface area contributed by atoms with Crippen molar-refractivity contribution in [2.45, 2.75) is 6.18 Å². The summed E-state index contributed by atoms with van der Waals surface area (Å²) >= 11 is 5.97. The van der Waals surface area contributed by atoms with Crippen molar-refractivity contribution in [1.29, 1.82) is 0 Å². The van der Waals surface area contributed by atoms with Crippen molar-refractivity contribution in [3.05, 3.63) is 22.8 Å². The Kier molecular flexibility index (Phi) is 6.07. The molecule has 1 saturated heterocycles. The standard InChI is InChI=1S/C14H16ClF3N4O3/c1-25-13(24)20-11(23)8-21-2-4-22(5-3-21)12-10(15)6-9(7-19-12)14(16,17)18/h6-7H,2-5,8H2,1H3,(H,20,23,24)/p+2. The molecule has 7 nitrogen and oxygen atoms in total. The van der Waals surface area contributed by atoms with Crippen LogP contribution in [0, 0.1) is 0 Å². The predicted octanol–water partition coefficient (Wildman–Crippen LogP) is -0.240. The van der Waals surface area contributed by atoms with E-state index < -0.39 is 23.7 Å². The second kappa shape index (κ2) is 7.87. The highest BCUT2D eigenvalue weighted by Crippen LogP contribution is 2.31. The van der Waals surface area contributed by atoms with Crippen LogP contribution in [-0.2, 0) is 15.7 Å². The van der Waals surface area contributed by atoms with Crippen LogP contribution in [0.15, 0.2) is 12.3 Å². The van der Waals surface area contributed by atoms with E-state index in [1.807, 2.05) is 4.90 Å². The van der Waals surface area contributed by atoms with Gasteiger partial charge in [0.15, 0.2) is 6.54 Å². The maximum Gasteiger partial charge on any atom is 0.419 e. The van der Waals surface area contributed by atoms with Crippen molar-refractivity contribution in [1.82, 2.24) is 5.32 Å². The van der Waals surface area contributed by atoms with Gasteiger partial charge in [-0.2, -0.15) is 13.2 Å². The molecule has 0 aromatic carbocycles. The second-order valence-corrected chi connectivity index (χ2v) is 5.94. The molecule has 11 heteroatoms. The Balaban J connectivity index is 1.92. The third-order valence-electron chi connectivity index (χ3n) is 3.82. The maximum absolute atomic E-state index is 12.7. The number of quaternary nitrogens is 1. The Bertz CT molecular complexity index is 649. The first-order valence-electron chi connectivity index (χ1n) is 7.45. The van der Waals surface area contributed by atoms with E-state index in [0.29, 0.717) is 32.0 Å². The van der Waals surface area contributed by atoms with E-state index >= 15 is 0 Å². The lowest BCUT2D eigenvalue weighted by atomic mass is 10.2. The van der Waals surface area contributed by atoms with Crippen LogP contribution >= 0.6 is 11.6 Å². The quantitative estimate of drug-likeness (QED) is 0.756. The lowest BCUT2D eigenvalue weighted by Crippen LogP contribution is -3.16. The van der Waals surface area contributed by atoms with Gasteiger partial charge in [0.2, 0.25) is 0 Å². The second-order valence-electron chi connectivity index (χ2n) is 5.54. The van der Waals surface area contributed by atoms with Crippen molar-refractivity contribution in [3.8, 4) is 0 Å². The summed E-state index contributed by atoms with van der Waals surface area (Å²) in [5.74, 6) is -0.0397. The molecule has 0 spiro atoms. The number of H-pyrrole nitrogens is 1. The van der Waals surface area contributed by atoms with Gasteiger partial charge in [0.05, 0.1) is 12.7 Å². The third-order valence-corrected chi connectivity index (χ3v) is 4.11. The number of halogens is 4. The van der Waals surface area contributed by atoms with Crippen molar-refractivity contribution in [2.75, 3.05) is 44.7 Å². The fourth-order valence-electron chi connectivity index (χ4n) is 2.53. The lowest BCUT2D eigenvalue weighted by molar-refractivity contribution is -0.892. The van der Waals surface area contributed by atoms with Crippen LogP contribution in [0.5, 0.6) is 0 Å². The zero-order valence-corrected chi connectivity index (χ0v) is 14.1. The number of piperazine rings is 1. The largest absolute Gasteiger partial charge is 0.453 e. The van der Waals surface area contributed by atoms with E-state index in [-0.39, 0.29) is 11.6 Å². The van der Waals surface area contributed by atoms with Crippen LogP contribution in [0.3, 0.4) is 0 Å². The van der Waals surface area contributed by atoms with Crippen LogP contribution in [0.4, 0.5) is 23.8 Å².